The van der Waals surface area contributed by atoms with Gasteiger partial charge in [0, 0.05) is 24.5 Å². The fourth-order valence-corrected chi connectivity index (χ4v) is 2.86. The van der Waals surface area contributed by atoms with E-state index in [1.165, 1.54) is 0 Å². The Hall–Kier alpha value is -4.00. The van der Waals surface area contributed by atoms with Crippen LogP contribution in [0, 0.1) is 0 Å². The molecule has 0 radical (unpaired) electrons. The molecule has 0 saturated heterocycles. The van der Waals surface area contributed by atoms with Gasteiger partial charge < -0.3 is 20.7 Å². The maximum atomic E-state index is 12.8. The van der Waals surface area contributed by atoms with Gasteiger partial charge in [0.05, 0.1) is 12.8 Å². The molecule has 0 aliphatic rings. The average Bonchev–Trinajstić information content (AvgIpc) is 2.78. The Labute approximate surface area is 175 Å². The number of carbonyl (C=O) groups is 2. The average molecular weight is 404 g/mol. The lowest BCUT2D eigenvalue weighted by atomic mass is 10.3. The summed E-state index contributed by atoms with van der Waals surface area (Å²) in [7, 11) is 1.54. The summed E-state index contributed by atoms with van der Waals surface area (Å²) in [6.07, 6.45) is 0. The number of nitrogens with one attached hydrogen (secondary N) is 3. The van der Waals surface area contributed by atoms with Crippen LogP contribution in [0.3, 0.4) is 0 Å². The van der Waals surface area contributed by atoms with E-state index in [4.69, 9.17) is 4.74 Å². The third kappa shape index (κ3) is 5.75. The summed E-state index contributed by atoms with van der Waals surface area (Å²) in [6.45, 7) is 0.556. The molecule has 0 atom stereocenters. The zero-order valence-corrected chi connectivity index (χ0v) is 16.7. The summed E-state index contributed by atoms with van der Waals surface area (Å²) < 4.78 is 5.23. The van der Waals surface area contributed by atoms with Gasteiger partial charge in [-0.05, 0) is 36.4 Å². The van der Waals surface area contributed by atoms with E-state index in [-0.39, 0.29) is 18.6 Å². The van der Waals surface area contributed by atoms with Crippen molar-refractivity contribution in [2.24, 2.45) is 0 Å². The number of ether oxygens (including phenoxy) is 1. The fourth-order valence-electron chi connectivity index (χ4n) is 2.86. The molecular weight excluding hydrogens is 380 g/mol. The van der Waals surface area contributed by atoms with Gasteiger partial charge in [0.15, 0.2) is 0 Å². The number of anilines is 3. The number of nitrogens with zero attached hydrogens (tertiary/aromatic N) is 1. The van der Waals surface area contributed by atoms with E-state index in [9.17, 15) is 9.59 Å². The molecule has 0 aliphatic carbocycles. The molecule has 0 spiro atoms. The Bertz CT molecular complexity index is 964. The van der Waals surface area contributed by atoms with Gasteiger partial charge in [-0.25, -0.2) is 9.59 Å². The van der Waals surface area contributed by atoms with Gasteiger partial charge in [0.25, 0.3) is 0 Å². The molecule has 154 valence electrons. The van der Waals surface area contributed by atoms with Crippen LogP contribution in [-0.4, -0.2) is 32.3 Å². The first-order valence-corrected chi connectivity index (χ1v) is 9.54. The van der Waals surface area contributed by atoms with Crippen molar-refractivity contribution in [3.63, 3.8) is 0 Å². The number of para-hydroxylation sites is 4. The summed E-state index contributed by atoms with van der Waals surface area (Å²) in [5, 5.41) is 8.40. The second-order valence-electron chi connectivity index (χ2n) is 6.36. The zero-order chi connectivity index (χ0) is 21.2. The second-order valence-corrected chi connectivity index (χ2v) is 6.36. The summed E-state index contributed by atoms with van der Waals surface area (Å²) in [5.41, 5.74) is 2.00. The van der Waals surface area contributed by atoms with Crippen LogP contribution in [0.15, 0.2) is 84.9 Å². The molecule has 3 aromatic carbocycles. The molecular formula is C23H24N4O3. The normalized spacial score (nSPS) is 10.0. The minimum atomic E-state index is -0.379. The third-order valence-electron chi connectivity index (χ3n) is 4.31. The van der Waals surface area contributed by atoms with Crippen LogP contribution in [0.25, 0.3) is 0 Å². The second kappa shape index (κ2) is 10.5. The number of hydrogen-bond donors (Lipinski definition) is 3. The van der Waals surface area contributed by atoms with Crippen molar-refractivity contribution in [2.75, 3.05) is 35.7 Å². The maximum Gasteiger partial charge on any atom is 0.326 e. The van der Waals surface area contributed by atoms with Crippen LogP contribution in [0.1, 0.15) is 0 Å². The molecule has 0 bridgehead atoms. The highest BCUT2D eigenvalue weighted by atomic mass is 16.5. The molecule has 30 heavy (non-hydrogen) atoms. The summed E-state index contributed by atoms with van der Waals surface area (Å²) in [4.78, 5) is 26.7. The largest absolute Gasteiger partial charge is 0.495 e. The Morgan fingerprint density at radius 1 is 0.833 bits per heavy atom. The summed E-state index contributed by atoms with van der Waals surface area (Å²) in [6, 6.07) is 25.0. The monoisotopic (exact) mass is 404 g/mol. The SMILES string of the molecule is COc1ccccc1NC(=O)NCCN(C(=O)Nc1ccccc1)c1ccccc1. The smallest absolute Gasteiger partial charge is 0.326 e. The highest BCUT2D eigenvalue weighted by Crippen LogP contribution is 2.22. The first kappa shape index (κ1) is 20.7. The van der Waals surface area contributed by atoms with Gasteiger partial charge in [0.2, 0.25) is 0 Å². The van der Waals surface area contributed by atoms with Crippen molar-refractivity contribution < 1.29 is 14.3 Å². The molecule has 0 unspecified atom stereocenters. The Morgan fingerprint density at radius 2 is 1.47 bits per heavy atom. The number of benzene rings is 3. The van der Waals surface area contributed by atoms with Crippen LogP contribution in [0.2, 0.25) is 0 Å². The molecule has 0 aliphatic heterocycles. The molecule has 3 N–H and O–H groups in total. The third-order valence-corrected chi connectivity index (χ3v) is 4.31. The summed E-state index contributed by atoms with van der Waals surface area (Å²) >= 11 is 0. The minimum absolute atomic E-state index is 0.262. The van der Waals surface area contributed by atoms with Gasteiger partial charge in [-0.3, -0.25) is 4.90 Å². The quantitative estimate of drug-likeness (QED) is 0.540. The molecule has 3 rings (SSSR count). The minimum Gasteiger partial charge on any atom is -0.495 e. The lowest BCUT2D eigenvalue weighted by molar-refractivity contribution is 0.250. The molecule has 7 nitrogen and oxygen atoms in total. The summed E-state index contributed by atoms with van der Waals surface area (Å²) in [5.74, 6) is 0.570. The van der Waals surface area contributed by atoms with Crippen LogP contribution in [0.4, 0.5) is 26.7 Å². The van der Waals surface area contributed by atoms with Crippen LogP contribution in [0.5, 0.6) is 5.75 Å². The standard InChI is InChI=1S/C23H24N4O3/c1-30-21-15-9-8-14-20(21)26-22(28)24-16-17-27(19-12-6-3-7-13-19)23(29)25-18-10-4-2-5-11-18/h2-15H,16-17H2,1H3,(H,25,29)(H2,24,26,28). The van der Waals surface area contributed by atoms with Crippen molar-refractivity contribution in [2.45, 2.75) is 0 Å². The van der Waals surface area contributed by atoms with Gasteiger partial charge in [0.1, 0.15) is 5.75 Å². The van der Waals surface area contributed by atoms with E-state index in [1.54, 1.807) is 24.1 Å². The lowest BCUT2D eigenvalue weighted by Gasteiger charge is -2.23. The highest BCUT2D eigenvalue weighted by Gasteiger charge is 2.16. The predicted molar refractivity (Wildman–Crippen MR) is 119 cm³/mol. The van der Waals surface area contributed by atoms with Crippen molar-refractivity contribution in [3.8, 4) is 5.75 Å². The van der Waals surface area contributed by atoms with E-state index >= 15 is 0 Å². The first-order valence-electron chi connectivity index (χ1n) is 9.54. The molecule has 0 aromatic heterocycles. The van der Waals surface area contributed by atoms with Gasteiger partial charge >= 0.3 is 12.1 Å². The number of urea groups is 2. The van der Waals surface area contributed by atoms with E-state index < -0.39 is 0 Å². The van der Waals surface area contributed by atoms with Crippen molar-refractivity contribution in [1.29, 1.82) is 0 Å². The van der Waals surface area contributed by atoms with Crippen molar-refractivity contribution >= 4 is 29.1 Å². The van der Waals surface area contributed by atoms with Gasteiger partial charge in [-0.1, -0.05) is 48.5 Å². The zero-order valence-electron chi connectivity index (χ0n) is 16.7. The first-order chi connectivity index (χ1) is 14.7. The van der Waals surface area contributed by atoms with Crippen molar-refractivity contribution in [1.82, 2.24) is 5.32 Å². The van der Waals surface area contributed by atoms with E-state index in [1.807, 2.05) is 72.8 Å². The number of amides is 4. The topological polar surface area (TPSA) is 82.7 Å². The van der Waals surface area contributed by atoms with E-state index in [0.29, 0.717) is 23.7 Å². The van der Waals surface area contributed by atoms with Crippen LogP contribution >= 0.6 is 0 Å². The van der Waals surface area contributed by atoms with Crippen LogP contribution in [-0.2, 0) is 0 Å². The Morgan fingerprint density at radius 3 is 2.17 bits per heavy atom. The van der Waals surface area contributed by atoms with Gasteiger partial charge in [-0.2, -0.15) is 0 Å². The number of methoxy groups -OCH3 is 1. The van der Waals surface area contributed by atoms with Crippen molar-refractivity contribution in [3.05, 3.63) is 84.9 Å². The number of carbonyl (C=O) groups excluding carboxylic acids is 2. The highest BCUT2D eigenvalue weighted by molar-refractivity contribution is 6.01. The lowest BCUT2D eigenvalue weighted by Crippen LogP contribution is -2.42. The maximum absolute atomic E-state index is 12.8. The van der Waals surface area contributed by atoms with E-state index in [0.717, 1.165) is 5.69 Å². The van der Waals surface area contributed by atoms with Gasteiger partial charge in [-0.15, -0.1) is 0 Å². The van der Waals surface area contributed by atoms with Crippen LogP contribution < -0.4 is 25.6 Å². The Kier molecular flexibility index (Phi) is 7.27. The Balaban J connectivity index is 1.61. The molecule has 0 saturated carbocycles. The molecule has 0 fully saturated rings. The fraction of sp³-hybridized carbons (Fsp3) is 0.130. The molecule has 0 heterocycles. The predicted octanol–water partition coefficient (Wildman–Crippen LogP) is 4.56. The molecule has 4 amide bonds. The number of rotatable bonds is 7. The molecule has 7 heteroatoms. The van der Waals surface area contributed by atoms with E-state index in [2.05, 4.69) is 16.0 Å². The number of hydrogen-bond acceptors (Lipinski definition) is 3. The molecule has 3 aromatic rings.